The average Bonchev–Trinajstić information content (AvgIpc) is 2.33. The minimum Gasteiger partial charge on any atom is -0.339 e. The number of anilines is 2. The van der Waals surface area contributed by atoms with Crippen LogP contribution in [-0.4, -0.2) is 4.98 Å². The fourth-order valence-corrected chi connectivity index (χ4v) is 2.13. The molecule has 0 saturated heterocycles. The molecule has 2 aromatic rings. The lowest BCUT2D eigenvalue weighted by Gasteiger charge is -2.11. The summed E-state index contributed by atoms with van der Waals surface area (Å²) in [4.78, 5) is 4.22. The van der Waals surface area contributed by atoms with Crippen molar-refractivity contribution in [3.63, 3.8) is 0 Å². The number of aromatic nitrogens is 1. The molecule has 17 heavy (non-hydrogen) atoms. The van der Waals surface area contributed by atoms with E-state index in [2.05, 4.69) is 26.2 Å². The van der Waals surface area contributed by atoms with Crippen LogP contribution in [-0.2, 0) is 6.54 Å². The maximum absolute atomic E-state index is 6.09. The Morgan fingerprint density at radius 1 is 1.35 bits per heavy atom. The molecule has 0 saturated carbocycles. The van der Waals surface area contributed by atoms with Crippen LogP contribution in [0.4, 0.5) is 11.5 Å². The Hall–Kier alpha value is -1.10. The molecule has 5 heteroatoms. The van der Waals surface area contributed by atoms with Crippen LogP contribution in [0.2, 0.25) is 5.02 Å². The van der Waals surface area contributed by atoms with E-state index in [0.29, 0.717) is 17.4 Å². The lowest BCUT2D eigenvalue weighted by Crippen LogP contribution is -2.02. The monoisotopic (exact) mass is 311 g/mol. The van der Waals surface area contributed by atoms with Crippen LogP contribution in [0.1, 0.15) is 5.56 Å². The first-order valence-corrected chi connectivity index (χ1v) is 6.24. The van der Waals surface area contributed by atoms with Crippen LogP contribution in [0.15, 0.2) is 41.0 Å². The van der Waals surface area contributed by atoms with E-state index in [1.807, 2.05) is 24.3 Å². The number of nitrogens with one attached hydrogen (secondary N) is 1. The molecular formula is C12H11BrClN3. The van der Waals surface area contributed by atoms with Gasteiger partial charge in [0.15, 0.2) is 0 Å². The van der Waals surface area contributed by atoms with E-state index in [4.69, 9.17) is 17.3 Å². The molecule has 1 aromatic carbocycles. The minimum atomic E-state index is 0.470. The number of para-hydroxylation sites is 1. The van der Waals surface area contributed by atoms with E-state index in [1.165, 1.54) is 0 Å². The summed E-state index contributed by atoms with van der Waals surface area (Å²) < 4.78 is 0.847. The van der Waals surface area contributed by atoms with Gasteiger partial charge >= 0.3 is 0 Å². The van der Waals surface area contributed by atoms with Gasteiger partial charge in [-0.2, -0.15) is 0 Å². The Balaban J connectivity index is 2.31. The SMILES string of the molecule is NCc1ccccc1Nc1ncc(Br)cc1Cl. The first kappa shape index (κ1) is 12.4. The Bertz CT molecular complexity index is 531. The van der Waals surface area contributed by atoms with Crippen LogP contribution >= 0.6 is 27.5 Å². The molecule has 2 rings (SSSR count). The van der Waals surface area contributed by atoms with Gasteiger partial charge in [0, 0.05) is 22.9 Å². The van der Waals surface area contributed by atoms with Gasteiger partial charge in [-0.1, -0.05) is 29.8 Å². The largest absolute Gasteiger partial charge is 0.339 e. The first-order chi connectivity index (χ1) is 8.20. The van der Waals surface area contributed by atoms with Gasteiger partial charge < -0.3 is 11.1 Å². The highest BCUT2D eigenvalue weighted by Crippen LogP contribution is 2.27. The van der Waals surface area contributed by atoms with Gasteiger partial charge in [0.1, 0.15) is 5.82 Å². The third-order valence-corrected chi connectivity index (χ3v) is 3.02. The zero-order valence-corrected chi connectivity index (χ0v) is 11.3. The molecule has 0 aliphatic heterocycles. The number of hydrogen-bond donors (Lipinski definition) is 2. The Morgan fingerprint density at radius 3 is 2.82 bits per heavy atom. The summed E-state index contributed by atoms with van der Waals surface area (Å²) in [5.41, 5.74) is 7.61. The molecular weight excluding hydrogens is 302 g/mol. The highest BCUT2D eigenvalue weighted by molar-refractivity contribution is 9.10. The number of rotatable bonds is 3. The minimum absolute atomic E-state index is 0.470. The Morgan fingerprint density at radius 2 is 2.12 bits per heavy atom. The van der Waals surface area contributed by atoms with Gasteiger partial charge in [0.25, 0.3) is 0 Å². The lowest BCUT2D eigenvalue weighted by molar-refractivity contribution is 1.07. The molecule has 0 bridgehead atoms. The average molecular weight is 313 g/mol. The fourth-order valence-electron chi connectivity index (χ4n) is 1.45. The van der Waals surface area contributed by atoms with Crippen molar-refractivity contribution < 1.29 is 0 Å². The topological polar surface area (TPSA) is 50.9 Å². The third-order valence-electron chi connectivity index (χ3n) is 2.30. The number of benzene rings is 1. The number of pyridine rings is 1. The first-order valence-electron chi connectivity index (χ1n) is 5.06. The summed E-state index contributed by atoms with van der Waals surface area (Å²) in [6.07, 6.45) is 1.69. The van der Waals surface area contributed by atoms with Gasteiger partial charge in [-0.05, 0) is 33.6 Å². The number of nitrogens with zero attached hydrogens (tertiary/aromatic N) is 1. The predicted molar refractivity (Wildman–Crippen MR) is 74.6 cm³/mol. The second-order valence-corrected chi connectivity index (χ2v) is 4.79. The summed E-state index contributed by atoms with van der Waals surface area (Å²) in [5.74, 6) is 0.621. The Labute approximate surface area is 113 Å². The number of halogens is 2. The molecule has 88 valence electrons. The molecule has 0 fully saturated rings. The quantitative estimate of drug-likeness (QED) is 0.908. The van der Waals surface area contributed by atoms with E-state index in [-0.39, 0.29) is 0 Å². The van der Waals surface area contributed by atoms with Gasteiger partial charge in [-0.3, -0.25) is 0 Å². The smallest absolute Gasteiger partial charge is 0.149 e. The predicted octanol–water partition coefficient (Wildman–Crippen LogP) is 3.70. The van der Waals surface area contributed by atoms with Crippen molar-refractivity contribution in [1.82, 2.24) is 4.98 Å². The molecule has 0 aliphatic carbocycles. The van der Waals surface area contributed by atoms with Crippen molar-refractivity contribution in [2.45, 2.75) is 6.54 Å². The lowest BCUT2D eigenvalue weighted by atomic mass is 10.2. The van der Waals surface area contributed by atoms with Crippen molar-refractivity contribution in [3.05, 3.63) is 51.6 Å². The van der Waals surface area contributed by atoms with Gasteiger partial charge in [0.05, 0.1) is 5.02 Å². The molecule has 0 amide bonds. The second kappa shape index (κ2) is 5.49. The normalized spacial score (nSPS) is 10.3. The summed E-state index contributed by atoms with van der Waals surface area (Å²) in [6, 6.07) is 9.59. The number of nitrogens with two attached hydrogens (primary N) is 1. The van der Waals surface area contributed by atoms with Crippen LogP contribution in [0.3, 0.4) is 0 Å². The maximum Gasteiger partial charge on any atom is 0.149 e. The standard InChI is InChI=1S/C12H11BrClN3/c13-9-5-10(14)12(16-7-9)17-11-4-2-1-3-8(11)6-15/h1-5,7H,6,15H2,(H,16,17). The van der Waals surface area contributed by atoms with E-state index >= 15 is 0 Å². The van der Waals surface area contributed by atoms with Crippen molar-refractivity contribution in [2.75, 3.05) is 5.32 Å². The molecule has 1 aromatic heterocycles. The van der Waals surface area contributed by atoms with Crippen molar-refractivity contribution in [2.24, 2.45) is 5.73 Å². The van der Waals surface area contributed by atoms with Crippen molar-refractivity contribution >= 4 is 39.0 Å². The zero-order valence-electron chi connectivity index (χ0n) is 8.95. The van der Waals surface area contributed by atoms with Gasteiger partial charge in [-0.15, -0.1) is 0 Å². The van der Waals surface area contributed by atoms with Crippen molar-refractivity contribution in [3.8, 4) is 0 Å². The van der Waals surface area contributed by atoms with Gasteiger partial charge in [-0.25, -0.2) is 4.98 Å². The summed E-state index contributed by atoms with van der Waals surface area (Å²) in [7, 11) is 0. The molecule has 0 radical (unpaired) electrons. The summed E-state index contributed by atoms with van der Waals surface area (Å²) >= 11 is 9.40. The fraction of sp³-hybridized carbons (Fsp3) is 0.0833. The zero-order chi connectivity index (χ0) is 12.3. The summed E-state index contributed by atoms with van der Waals surface area (Å²) in [6.45, 7) is 0.470. The summed E-state index contributed by atoms with van der Waals surface area (Å²) in [5, 5.41) is 3.74. The molecule has 0 unspecified atom stereocenters. The van der Waals surface area contributed by atoms with Crippen LogP contribution in [0, 0.1) is 0 Å². The molecule has 0 aliphatic rings. The molecule has 1 heterocycles. The maximum atomic E-state index is 6.09. The van der Waals surface area contributed by atoms with Crippen LogP contribution in [0.25, 0.3) is 0 Å². The number of hydrogen-bond acceptors (Lipinski definition) is 3. The highest BCUT2D eigenvalue weighted by Gasteiger charge is 2.05. The highest BCUT2D eigenvalue weighted by atomic mass is 79.9. The van der Waals surface area contributed by atoms with E-state index in [1.54, 1.807) is 12.3 Å². The van der Waals surface area contributed by atoms with E-state index < -0.39 is 0 Å². The molecule has 3 nitrogen and oxygen atoms in total. The van der Waals surface area contributed by atoms with Crippen LogP contribution < -0.4 is 11.1 Å². The Kier molecular flexibility index (Phi) is 3.99. The van der Waals surface area contributed by atoms with E-state index in [9.17, 15) is 0 Å². The van der Waals surface area contributed by atoms with E-state index in [0.717, 1.165) is 15.7 Å². The molecule has 0 spiro atoms. The van der Waals surface area contributed by atoms with Crippen LogP contribution in [0.5, 0.6) is 0 Å². The van der Waals surface area contributed by atoms with Gasteiger partial charge in [0.2, 0.25) is 0 Å². The third kappa shape index (κ3) is 2.97. The molecule has 0 atom stereocenters. The second-order valence-electron chi connectivity index (χ2n) is 3.47. The molecule has 3 N–H and O–H groups in total. The van der Waals surface area contributed by atoms with Crippen molar-refractivity contribution in [1.29, 1.82) is 0 Å².